The van der Waals surface area contributed by atoms with Gasteiger partial charge >= 0.3 is 5.97 Å². The molecule has 1 rings (SSSR count). The largest absolute Gasteiger partial charge is 0.465 e. The number of carbonyl (C=O) groups is 1. The summed E-state index contributed by atoms with van der Waals surface area (Å²) in [5, 5.41) is 0. The van der Waals surface area contributed by atoms with E-state index in [2.05, 4.69) is 27.7 Å². The fourth-order valence-electron chi connectivity index (χ4n) is 2.77. The molecule has 2 heteroatoms. The molecule has 0 unspecified atom stereocenters. The zero-order valence-corrected chi connectivity index (χ0v) is 12.2. The smallest absolute Gasteiger partial charge is 0.338 e. The lowest BCUT2D eigenvalue weighted by Gasteiger charge is -2.19. The molecule has 0 aromatic heterocycles. The zero-order valence-electron chi connectivity index (χ0n) is 12.2. The minimum Gasteiger partial charge on any atom is -0.465 e. The van der Waals surface area contributed by atoms with Crippen LogP contribution in [-0.4, -0.2) is 13.1 Å². The molecule has 0 spiro atoms. The monoisotopic (exact) mass is 248 g/mol. The molecule has 0 saturated heterocycles. The number of ether oxygens (including phenoxy) is 1. The molecule has 0 N–H and O–H groups in total. The van der Waals surface area contributed by atoms with Crippen molar-refractivity contribution in [3.8, 4) is 0 Å². The number of aryl methyl sites for hydroxylation is 1. The lowest BCUT2D eigenvalue weighted by molar-refractivity contribution is 0.0599. The van der Waals surface area contributed by atoms with Gasteiger partial charge in [-0.15, -0.1) is 0 Å². The molecule has 0 radical (unpaired) electrons. The first-order chi connectivity index (χ1) is 8.64. The van der Waals surface area contributed by atoms with Gasteiger partial charge in [-0.3, -0.25) is 0 Å². The maximum Gasteiger partial charge on any atom is 0.338 e. The number of rotatable bonds is 5. The second kappa shape index (κ2) is 6.58. The minimum absolute atomic E-state index is 0.209. The number of esters is 1. The minimum atomic E-state index is -0.209. The Kier molecular flexibility index (Phi) is 5.39. The molecule has 0 saturated carbocycles. The number of hydrogen-bond donors (Lipinski definition) is 0. The van der Waals surface area contributed by atoms with Gasteiger partial charge in [-0.2, -0.15) is 0 Å². The Bertz CT molecular complexity index is 433. The fourth-order valence-corrected chi connectivity index (χ4v) is 2.77. The quantitative estimate of drug-likeness (QED) is 0.742. The van der Waals surface area contributed by atoms with Gasteiger partial charge in [-0.05, 0) is 54.0 Å². The van der Waals surface area contributed by atoms with Crippen LogP contribution >= 0.6 is 0 Å². The van der Waals surface area contributed by atoms with Crippen LogP contribution < -0.4 is 0 Å². The van der Waals surface area contributed by atoms with E-state index in [-0.39, 0.29) is 5.97 Å². The number of hydrogen-bond acceptors (Lipinski definition) is 2. The van der Waals surface area contributed by atoms with Crippen LogP contribution in [0.25, 0.3) is 0 Å². The molecule has 0 amide bonds. The van der Waals surface area contributed by atoms with Crippen LogP contribution in [-0.2, 0) is 30.4 Å². The third-order valence-corrected chi connectivity index (χ3v) is 3.61. The Balaban J connectivity index is 3.58. The molecule has 1 aromatic carbocycles. The Morgan fingerprint density at radius 2 is 1.50 bits per heavy atom. The molecule has 0 atom stereocenters. The van der Waals surface area contributed by atoms with Gasteiger partial charge < -0.3 is 4.74 Å². The van der Waals surface area contributed by atoms with Crippen molar-refractivity contribution in [2.24, 2.45) is 0 Å². The van der Waals surface area contributed by atoms with E-state index in [1.165, 1.54) is 29.4 Å². The highest BCUT2D eigenvalue weighted by Gasteiger charge is 2.18. The summed E-state index contributed by atoms with van der Waals surface area (Å²) in [6.07, 6.45) is 3.85. The molecule has 0 heterocycles. The Labute approximate surface area is 110 Å². The van der Waals surface area contributed by atoms with Crippen molar-refractivity contribution in [1.29, 1.82) is 0 Å². The molecular formula is C16H24O2. The Morgan fingerprint density at radius 1 is 0.944 bits per heavy atom. The second-order valence-electron chi connectivity index (χ2n) is 4.42. The molecule has 0 aliphatic heterocycles. The highest BCUT2D eigenvalue weighted by Crippen LogP contribution is 2.26. The Hall–Kier alpha value is -1.31. The molecule has 0 aliphatic rings. The summed E-state index contributed by atoms with van der Waals surface area (Å²) in [4.78, 5) is 11.9. The van der Waals surface area contributed by atoms with E-state index in [9.17, 15) is 4.79 Å². The van der Waals surface area contributed by atoms with Crippen molar-refractivity contribution in [3.63, 3.8) is 0 Å². The van der Waals surface area contributed by atoms with Crippen LogP contribution in [0.15, 0.2) is 6.07 Å². The van der Waals surface area contributed by atoms with Gasteiger partial charge in [0.15, 0.2) is 0 Å². The highest BCUT2D eigenvalue weighted by molar-refractivity contribution is 5.92. The normalized spacial score (nSPS) is 10.5. The number of benzene rings is 1. The van der Waals surface area contributed by atoms with E-state index in [0.29, 0.717) is 0 Å². The standard InChI is InChI=1S/C16H24O2/c1-6-11-10-15(16(17)18-5)14(9-4)13(8-3)12(11)7-2/h10H,6-9H2,1-5H3. The first-order valence-corrected chi connectivity index (χ1v) is 6.89. The van der Waals surface area contributed by atoms with Crippen LogP contribution in [0.1, 0.15) is 60.3 Å². The van der Waals surface area contributed by atoms with Crippen molar-refractivity contribution in [2.45, 2.75) is 53.4 Å². The van der Waals surface area contributed by atoms with E-state index in [0.717, 1.165) is 31.2 Å². The van der Waals surface area contributed by atoms with Gasteiger partial charge in [-0.25, -0.2) is 4.79 Å². The molecule has 2 nitrogen and oxygen atoms in total. The number of carbonyl (C=O) groups excluding carboxylic acids is 1. The predicted molar refractivity (Wildman–Crippen MR) is 75.3 cm³/mol. The Morgan fingerprint density at radius 3 is 1.89 bits per heavy atom. The van der Waals surface area contributed by atoms with E-state index in [4.69, 9.17) is 4.74 Å². The molecular weight excluding hydrogens is 224 g/mol. The van der Waals surface area contributed by atoms with Crippen LogP contribution in [0, 0.1) is 0 Å². The first-order valence-electron chi connectivity index (χ1n) is 6.89. The fraction of sp³-hybridized carbons (Fsp3) is 0.562. The van der Waals surface area contributed by atoms with Crippen LogP contribution in [0.4, 0.5) is 0 Å². The summed E-state index contributed by atoms with van der Waals surface area (Å²) in [5.74, 6) is -0.209. The van der Waals surface area contributed by atoms with Gasteiger partial charge in [0, 0.05) is 0 Å². The van der Waals surface area contributed by atoms with Crippen molar-refractivity contribution in [3.05, 3.63) is 33.9 Å². The van der Waals surface area contributed by atoms with Crippen LogP contribution in [0.2, 0.25) is 0 Å². The maximum atomic E-state index is 11.9. The van der Waals surface area contributed by atoms with Gasteiger partial charge in [0.05, 0.1) is 12.7 Å². The molecule has 1 aromatic rings. The molecule has 0 fully saturated rings. The third kappa shape index (κ3) is 2.58. The van der Waals surface area contributed by atoms with Crippen molar-refractivity contribution >= 4 is 5.97 Å². The summed E-state index contributed by atoms with van der Waals surface area (Å²) < 4.78 is 4.91. The summed E-state index contributed by atoms with van der Waals surface area (Å²) in [6.45, 7) is 8.59. The molecule has 0 bridgehead atoms. The van der Waals surface area contributed by atoms with E-state index in [1.54, 1.807) is 0 Å². The lowest BCUT2D eigenvalue weighted by Crippen LogP contribution is -2.12. The van der Waals surface area contributed by atoms with Crippen molar-refractivity contribution in [1.82, 2.24) is 0 Å². The molecule has 0 aliphatic carbocycles. The van der Waals surface area contributed by atoms with Crippen molar-refractivity contribution in [2.75, 3.05) is 7.11 Å². The second-order valence-corrected chi connectivity index (χ2v) is 4.42. The van der Waals surface area contributed by atoms with Gasteiger partial charge in [0.1, 0.15) is 0 Å². The summed E-state index contributed by atoms with van der Waals surface area (Å²) in [5.41, 5.74) is 5.97. The number of methoxy groups -OCH3 is 1. The van der Waals surface area contributed by atoms with Crippen LogP contribution in [0.5, 0.6) is 0 Å². The van der Waals surface area contributed by atoms with Gasteiger partial charge in [-0.1, -0.05) is 27.7 Å². The molecule has 100 valence electrons. The van der Waals surface area contributed by atoms with E-state index in [1.807, 2.05) is 6.07 Å². The average molecular weight is 248 g/mol. The van der Waals surface area contributed by atoms with Gasteiger partial charge in [0.25, 0.3) is 0 Å². The SMILES string of the molecule is CCc1cc(C(=O)OC)c(CC)c(CC)c1CC. The summed E-state index contributed by atoms with van der Waals surface area (Å²) in [6, 6.07) is 2.03. The predicted octanol–water partition coefficient (Wildman–Crippen LogP) is 3.72. The lowest BCUT2D eigenvalue weighted by atomic mass is 9.87. The zero-order chi connectivity index (χ0) is 13.7. The maximum absolute atomic E-state index is 11.9. The average Bonchev–Trinajstić information content (AvgIpc) is 2.43. The highest BCUT2D eigenvalue weighted by atomic mass is 16.5. The summed E-state index contributed by atoms with van der Waals surface area (Å²) in [7, 11) is 1.45. The molecule has 18 heavy (non-hydrogen) atoms. The van der Waals surface area contributed by atoms with E-state index < -0.39 is 0 Å². The van der Waals surface area contributed by atoms with Crippen molar-refractivity contribution < 1.29 is 9.53 Å². The van der Waals surface area contributed by atoms with Gasteiger partial charge in [0.2, 0.25) is 0 Å². The first kappa shape index (κ1) is 14.7. The third-order valence-electron chi connectivity index (χ3n) is 3.61. The van der Waals surface area contributed by atoms with E-state index >= 15 is 0 Å². The summed E-state index contributed by atoms with van der Waals surface area (Å²) >= 11 is 0. The van der Waals surface area contributed by atoms with Crippen LogP contribution in [0.3, 0.4) is 0 Å². The topological polar surface area (TPSA) is 26.3 Å².